The van der Waals surface area contributed by atoms with Crippen LogP contribution in [0.1, 0.15) is 0 Å². The molecule has 0 N–H and O–H groups in total. The molecule has 18 heavy (non-hydrogen) atoms. The number of hydrogen-bond donors (Lipinski definition) is 0. The molecule has 1 unspecified atom stereocenters. The molecular weight excluding hydrogens is 234 g/mol. The van der Waals surface area contributed by atoms with Crippen LogP contribution in [0.15, 0.2) is 22.8 Å². The summed E-state index contributed by atoms with van der Waals surface area (Å²) >= 11 is 0. The van der Waals surface area contributed by atoms with Crippen molar-refractivity contribution in [3.05, 3.63) is 28.4 Å². The minimum atomic E-state index is 0.172. The Morgan fingerprint density at radius 1 is 1.56 bits per heavy atom. The van der Waals surface area contributed by atoms with Crippen LogP contribution in [-0.2, 0) is 9.53 Å². The minimum Gasteiger partial charge on any atom is -0.497 e. The van der Waals surface area contributed by atoms with Gasteiger partial charge in [0, 0.05) is 17.4 Å². The van der Waals surface area contributed by atoms with E-state index in [2.05, 4.69) is 4.99 Å². The van der Waals surface area contributed by atoms with Crippen molar-refractivity contribution >= 4 is 12.0 Å². The molecule has 2 aliphatic heterocycles. The third-order valence-electron chi connectivity index (χ3n) is 2.78. The highest BCUT2D eigenvalue weighted by atomic mass is 16.6. The Bertz CT molecular complexity index is 654. The fourth-order valence-corrected chi connectivity index (χ4v) is 1.76. The lowest BCUT2D eigenvalue weighted by atomic mass is 10.2. The zero-order valence-electron chi connectivity index (χ0n) is 9.80. The first-order valence-corrected chi connectivity index (χ1v) is 5.58. The van der Waals surface area contributed by atoms with Gasteiger partial charge in [-0.3, -0.25) is 0 Å². The molecule has 0 aliphatic carbocycles. The van der Waals surface area contributed by atoms with Gasteiger partial charge in [0.15, 0.2) is 5.94 Å². The summed E-state index contributed by atoms with van der Waals surface area (Å²) in [7, 11) is 1.57. The number of allylic oxidation sites excluding steroid dienone is 1. The van der Waals surface area contributed by atoms with Gasteiger partial charge in [0.25, 0.3) is 0 Å². The SMILES string of the molecule is COc1cc(OCC2CO2)c2c(c1)=NC(=C=O)C=2. The Labute approximate surface area is 103 Å². The van der Waals surface area contributed by atoms with E-state index in [-0.39, 0.29) is 11.8 Å². The summed E-state index contributed by atoms with van der Waals surface area (Å²) in [6, 6.07) is 3.54. The van der Waals surface area contributed by atoms with Crippen molar-refractivity contribution in [3.8, 4) is 11.5 Å². The summed E-state index contributed by atoms with van der Waals surface area (Å²) in [6.45, 7) is 1.23. The van der Waals surface area contributed by atoms with Crippen molar-refractivity contribution in [2.45, 2.75) is 6.10 Å². The average Bonchev–Trinajstić information content (AvgIpc) is 3.13. The van der Waals surface area contributed by atoms with Crippen LogP contribution in [0.4, 0.5) is 0 Å². The molecule has 1 atom stereocenters. The van der Waals surface area contributed by atoms with Crippen LogP contribution in [0.25, 0.3) is 6.08 Å². The maximum atomic E-state index is 10.6. The second-order valence-electron chi connectivity index (χ2n) is 4.07. The molecule has 0 bridgehead atoms. The molecule has 0 amide bonds. The van der Waals surface area contributed by atoms with Crippen LogP contribution in [0.5, 0.6) is 11.5 Å². The van der Waals surface area contributed by atoms with E-state index < -0.39 is 0 Å². The van der Waals surface area contributed by atoms with E-state index >= 15 is 0 Å². The van der Waals surface area contributed by atoms with Crippen molar-refractivity contribution < 1.29 is 19.0 Å². The van der Waals surface area contributed by atoms with Crippen LogP contribution in [0.3, 0.4) is 0 Å². The molecule has 92 valence electrons. The third kappa shape index (κ3) is 2.01. The summed E-state index contributed by atoms with van der Waals surface area (Å²) < 4.78 is 15.9. The molecule has 1 saturated heterocycles. The molecule has 0 radical (unpaired) electrons. The summed E-state index contributed by atoms with van der Waals surface area (Å²) in [5.41, 5.74) is 0.269. The Kier molecular flexibility index (Phi) is 2.63. The highest BCUT2D eigenvalue weighted by Crippen LogP contribution is 2.17. The lowest BCUT2D eigenvalue weighted by molar-refractivity contribution is 0.260. The number of rotatable bonds is 4. The smallest absolute Gasteiger partial charge is 0.152 e. The maximum absolute atomic E-state index is 10.6. The van der Waals surface area contributed by atoms with Gasteiger partial charge < -0.3 is 14.2 Å². The normalized spacial score (nSPS) is 19.4. The summed E-state index contributed by atoms with van der Waals surface area (Å²) in [6.07, 6.45) is 1.83. The molecule has 2 heterocycles. The van der Waals surface area contributed by atoms with Gasteiger partial charge in [-0.25, -0.2) is 9.79 Å². The molecule has 0 aromatic heterocycles. The monoisotopic (exact) mass is 245 g/mol. The van der Waals surface area contributed by atoms with Gasteiger partial charge in [-0.15, -0.1) is 0 Å². The lowest BCUT2D eigenvalue weighted by Crippen LogP contribution is -2.25. The van der Waals surface area contributed by atoms with Crippen molar-refractivity contribution in [2.24, 2.45) is 4.99 Å². The predicted molar refractivity (Wildman–Crippen MR) is 62.7 cm³/mol. The van der Waals surface area contributed by atoms with E-state index in [9.17, 15) is 4.79 Å². The lowest BCUT2D eigenvalue weighted by Gasteiger charge is -2.06. The van der Waals surface area contributed by atoms with E-state index in [1.165, 1.54) is 0 Å². The Morgan fingerprint density at radius 2 is 2.39 bits per heavy atom. The number of carbonyl (C=O) groups excluding carboxylic acids is 1. The largest absolute Gasteiger partial charge is 0.497 e. The molecule has 1 aromatic rings. The molecular formula is C13H11NO4. The minimum absolute atomic E-state index is 0.172. The van der Waals surface area contributed by atoms with E-state index in [1.54, 1.807) is 31.3 Å². The zero-order valence-corrected chi connectivity index (χ0v) is 9.80. The van der Waals surface area contributed by atoms with Crippen molar-refractivity contribution in [3.63, 3.8) is 0 Å². The van der Waals surface area contributed by atoms with Crippen molar-refractivity contribution in [1.29, 1.82) is 0 Å². The van der Waals surface area contributed by atoms with Crippen LogP contribution in [-0.4, -0.2) is 32.4 Å². The number of fused-ring (bicyclic) bond motifs is 1. The van der Waals surface area contributed by atoms with Gasteiger partial charge >= 0.3 is 0 Å². The van der Waals surface area contributed by atoms with Crippen LogP contribution < -0.4 is 20.0 Å². The van der Waals surface area contributed by atoms with E-state index in [4.69, 9.17) is 14.2 Å². The predicted octanol–water partition coefficient (Wildman–Crippen LogP) is -0.398. The van der Waals surface area contributed by atoms with Crippen molar-refractivity contribution in [2.75, 3.05) is 20.3 Å². The molecule has 0 saturated carbocycles. The van der Waals surface area contributed by atoms with Gasteiger partial charge in [-0.05, 0) is 6.08 Å². The van der Waals surface area contributed by atoms with Crippen LogP contribution >= 0.6 is 0 Å². The third-order valence-corrected chi connectivity index (χ3v) is 2.78. The zero-order chi connectivity index (χ0) is 12.5. The number of nitrogens with zero attached hydrogens (tertiary/aromatic N) is 1. The number of methoxy groups -OCH3 is 1. The van der Waals surface area contributed by atoms with Gasteiger partial charge in [0.2, 0.25) is 0 Å². The first-order valence-electron chi connectivity index (χ1n) is 5.58. The molecule has 1 fully saturated rings. The first kappa shape index (κ1) is 11.0. The summed E-state index contributed by atoms with van der Waals surface area (Å²) in [5, 5.41) is 1.45. The molecule has 5 nitrogen and oxygen atoms in total. The number of hydrogen-bond acceptors (Lipinski definition) is 5. The molecule has 3 rings (SSSR count). The van der Waals surface area contributed by atoms with Gasteiger partial charge in [-0.2, -0.15) is 0 Å². The molecule has 0 spiro atoms. The van der Waals surface area contributed by atoms with E-state index in [1.807, 2.05) is 0 Å². The molecule has 1 aromatic carbocycles. The van der Waals surface area contributed by atoms with E-state index in [0.717, 1.165) is 11.8 Å². The Morgan fingerprint density at radius 3 is 3.06 bits per heavy atom. The van der Waals surface area contributed by atoms with Gasteiger partial charge in [0.05, 0.1) is 19.1 Å². The average molecular weight is 245 g/mol. The highest BCUT2D eigenvalue weighted by Gasteiger charge is 2.23. The summed E-state index contributed by atoms with van der Waals surface area (Å²) in [4.78, 5) is 14.8. The topological polar surface area (TPSA) is 60.4 Å². The fourth-order valence-electron chi connectivity index (χ4n) is 1.76. The second-order valence-corrected chi connectivity index (χ2v) is 4.07. The second kappa shape index (κ2) is 4.29. The maximum Gasteiger partial charge on any atom is 0.152 e. The highest BCUT2D eigenvalue weighted by molar-refractivity contribution is 5.70. The van der Waals surface area contributed by atoms with Crippen molar-refractivity contribution in [1.82, 2.24) is 0 Å². The Balaban J connectivity index is 2.05. The van der Waals surface area contributed by atoms with E-state index in [0.29, 0.717) is 23.5 Å². The number of benzene rings is 1. The van der Waals surface area contributed by atoms with Crippen LogP contribution in [0.2, 0.25) is 0 Å². The Hall–Kier alpha value is -2.10. The van der Waals surface area contributed by atoms with Gasteiger partial charge in [0.1, 0.15) is 29.9 Å². The number of ether oxygens (including phenoxy) is 3. The molecule has 2 aliphatic rings. The standard InChI is InChI=1S/C13H11NO4/c1-16-9-3-12-11(2-8(5-15)14-12)13(4-9)18-7-10-6-17-10/h2-4,10H,6-7H2,1H3. The first-order chi connectivity index (χ1) is 8.80. The van der Waals surface area contributed by atoms with Crippen LogP contribution in [0, 0.1) is 0 Å². The summed E-state index contributed by atoms with van der Waals surface area (Å²) in [5.74, 6) is 3.07. The fraction of sp³-hybridized carbons (Fsp3) is 0.308. The quantitative estimate of drug-likeness (QED) is 0.535. The molecule has 5 heteroatoms. The van der Waals surface area contributed by atoms with Gasteiger partial charge in [-0.1, -0.05) is 0 Å². The number of epoxide rings is 1.